The normalized spacial score (nSPS) is 12.6. The van der Waals surface area contributed by atoms with Crippen molar-refractivity contribution in [3.05, 3.63) is 35.4 Å². The predicted octanol–water partition coefficient (Wildman–Crippen LogP) is 2.34. The lowest BCUT2D eigenvalue weighted by Gasteiger charge is -2.12. The van der Waals surface area contributed by atoms with Gasteiger partial charge in [0.25, 0.3) is 0 Å². The van der Waals surface area contributed by atoms with Gasteiger partial charge in [0, 0.05) is 20.1 Å². The van der Waals surface area contributed by atoms with Crippen LogP contribution in [0.3, 0.4) is 0 Å². The summed E-state index contributed by atoms with van der Waals surface area (Å²) in [6.07, 6.45) is 1.17. The molecule has 0 aromatic heterocycles. The Morgan fingerprint density at radius 3 is 2.76 bits per heavy atom. The third kappa shape index (κ3) is 5.31. The van der Waals surface area contributed by atoms with Gasteiger partial charge in [0.1, 0.15) is 0 Å². The van der Waals surface area contributed by atoms with Gasteiger partial charge < -0.3 is 14.6 Å². The first-order valence-corrected chi connectivity index (χ1v) is 6.11. The van der Waals surface area contributed by atoms with Crippen LogP contribution in [-0.2, 0) is 15.9 Å². The van der Waals surface area contributed by atoms with E-state index in [0.717, 1.165) is 12.0 Å². The summed E-state index contributed by atoms with van der Waals surface area (Å²) >= 11 is 0. The monoisotopic (exact) mass is 238 g/mol. The molecule has 0 aliphatic carbocycles. The molecule has 0 bridgehead atoms. The lowest BCUT2D eigenvalue weighted by atomic mass is 10.0. The summed E-state index contributed by atoms with van der Waals surface area (Å²) in [6, 6.07) is 8.08. The Morgan fingerprint density at radius 1 is 1.24 bits per heavy atom. The topological polar surface area (TPSA) is 38.7 Å². The van der Waals surface area contributed by atoms with E-state index in [4.69, 9.17) is 9.47 Å². The fourth-order valence-electron chi connectivity index (χ4n) is 1.63. The van der Waals surface area contributed by atoms with Crippen LogP contribution >= 0.6 is 0 Å². The van der Waals surface area contributed by atoms with Crippen LogP contribution in [0, 0.1) is 0 Å². The van der Waals surface area contributed by atoms with Crippen LogP contribution in [0.2, 0.25) is 0 Å². The number of rotatable bonds is 8. The van der Waals surface area contributed by atoms with E-state index in [9.17, 15) is 5.11 Å². The van der Waals surface area contributed by atoms with Crippen molar-refractivity contribution in [2.24, 2.45) is 0 Å². The van der Waals surface area contributed by atoms with Gasteiger partial charge in [-0.15, -0.1) is 0 Å². The summed E-state index contributed by atoms with van der Waals surface area (Å²) in [4.78, 5) is 0. The minimum Gasteiger partial charge on any atom is -0.388 e. The van der Waals surface area contributed by atoms with Gasteiger partial charge in [0.2, 0.25) is 0 Å². The van der Waals surface area contributed by atoms with Gasteiger partial charge in [-0.1, -0.05) is 31.2 Å². The minimum absolute atomic E-state index is 0.441. The number of aliphatic hydroxyl groups is 1. The first kappa shape index (κ1) is 14.2. The Labute approximate surface area is 103 Å². The van der Waals surface area contributed by atoms with E-state index in [2.05, 4.69) is 19.1 Å². The van der Waals surface area contributed by atoms with Crippen molar-refractivity contribution in [2.75, 3.05) is 26.9 Å². The first-order valence-electron chi connectivity index (χ1n) is 6.11. The van der Waals surface area contributed by atoms with E-state index < -0.39 is 6.10 Å². The SMILES string of the molecule is CCc1cccc(C(O)CCOCCOC)c1. The summed E-state index contributed by atoms with van der Waals surface area (Å²) < 4.78 is 10.2. The van der Waals surface area contributed by atoms with Crippen LogP contribution in [0.5, 0.6) is 0 Å². The van der Waals surface area contributed by atoms with Crippen LogP contribution in [-0.4, -0.2) is 32.0 Å². The zero-order valence-corrected chi connectivity index (χ0v) is 10.7. The molecule has 3 heteroatoms. The molecular weight excluding hydrogens is 216 g/mol. The number of hydrogen-bond donors (Lipinski definition) is 1. The molecule has 0 spiro atoms. The molecular formula is C14H22O3. The molecule has 0 aliphatic rings. The number of methoxy groups -OCH3 is 1. The molecule has 1 unspecified atom stereocenters. The largest absolute Gasteiger partial charge is 0.388 e. The van der Waals surface area contributed by atoms with Crippen molar-refractivity contribution in [1.82, 2.24) is 0 Å². The molecule has 1 aromatic carbocycles. The molecule has 17 heavy (non-hydrogen) atoms. The second-order valence-electron chi connectivity index (χ2n) is 4.01. The Bertz CT molecular complexity index is 312. The van der Waals surface area contributed by atoms with Crippen LogP contribution < -0.4 is 0 Å². The third-order valence-electron chi connectivity index (χ3n) is 2.71. The maximum absolute atomic E-state index is 9.99. The molecule has 0 saturated heterocycles. The number of ether oxygens (including phenoxy) is 2. The molecule has 1 atom stereocenters. The Balaban J connectivity index is 2.33. The molecule has 0 amide bonds. The fraction of sp³-hybridized carbons (Fsp3) is 0.571. The Morgan fingerprint density at radius 2 is 2.06 bits per heavy atom. The van der Waals surface area contributed by atoms with Crippen molar-refractivity contribution >= 4 is 0 Å². The molecule has 0 fully saturated rings. The van der Waals surface area contributed by atoms with E-state index in [0.29, 0.717) is 26.2 Å². The van der Waals surface area contributed by atoms with E-state index in [1.807, 2.05) is 12.1 Å². The summed E-state index contributed by atoms with van der Waals surface area (Å²) in [5, 5.41) is 9.99. The second-order valence-corrected chi connectivity index (χ2v) is 4.01. The van der Waals surface area contributed by atoms with Gasteiger partial charge in [0.05, 0.1) is 19.3 Å². The van der Waals surface area contributed by atoms with Crippen LogP contribution in [0.1, 0.15) is 30.6 Å². The van der Waals surface area contributed by atoms with Crippen molar-refractivity contribution in [2.45, 2.75) is 25.9 Å². The number of aryl methyl sites for hydroxylation is 1. The highest BCUT2D eigenvalue weighted by Crippen LogP contribution is 2.18. The van der Waals surface area contributed by atoms with E-state index in [-0.39, 0.29) is 0 Å². The molecule has 0 radical (unpaired) electrons. The molecule has 96 valence electrons. The summed E-state index contributed by atoms with van der Waals surface area (Å²) in [5.41, 5.74) is 2.22. The number of hydrogen-bond acceptors (Lipinski definition) is 3. The van der Waals surface area contributed by atoms with Crippen molar-refractivity contribution < 1.29 is 14.6 Å². The van der Waals surface area contributed by atoms with Crippen LogP contribution in [0.25, 0.3) is 0 Å². The smallest absolute Gasteiger partial charge is 0.0812 e. The first-order chi connectivity index (χ1) is 8.27. The summed E-state index contributed by atoms with van der Waals surface area (Å²) in [7, 11) is 1.65. The quantitative estimate of drug-likeness (QED) is 0.706. The third-order valence-corrected chi connectivity index (χ3v) is 2.71. The fourth-order valence-corrected chi connectivity index (χ4v) is 1.63. The van der Waals surface area contributed by atoms with Gasteiger partial charge >= 0.3 is 0 Å². The zero-order valence-electron chi connectivity index (χ0n) is 10.7. The number of benzene rings is 1. The van der Waals surface area contributed by atoms with Crippen molar-refractivity contribution in [1.29, 1.82) is 0 Å². The Kier molecular flexibility index (Phi) is 6.86. The summed E-state index contributed by atoms with van der Waals surface area (Å²) in [6.45, 7) is 3.85. The maximum Gasteiger partial charge on any atom is 0.0812 e. The second kappa shape index (κ2) is 8.23. The van der Waals surface area contributed by atoms with Gasteiger partial charge in [-0.3, -0.25) is 0 Å². The van der Waals surface area contributed by atoms with E-state index in [1.165, 1.54) is 5.56 Å². The molecule has 1 aromatic rings. The van der Waals surface area contributed by atoms with E-state index >= 15 is 0 Å². The number of aliphatic hydroxyl groups excluding tert-OH is 1. The average molecular weight is 238 g/mol. The molecule has 1 rings (SSSR count). The maximum atomic E-state index is 9.99. The van der Waals surface area contributed by atoms with Gasteiger partial charge in [0.15, 0.2) is 0 Å². The summed E-state index contributed by atoms with van der Waals surface area (Å²) in [5.74, 6) is 0. The molecule has 0 aliphatic heterocycles. The van der Waals surface area contributed by atoms with Crippen LogP contribution in [0.15, 0.2) is 24.3 Å². The van der Waals surface area contributed by atoms with Crippen molar-refractivity contribution in [3.63, 3.8) is 0 Å². The minimum atomic E-state index is -0.441. The Hall–Kier alpha value is -0.900. The molecule has 0 saturated carbocycles. The van der Waals surface area contributed by atoms with E-state index in [1.54, 1.807) is 7.11 Å². The lowest BCUT2D eigenvalue weighted by molar-refractivity contribution is 0.0475. The highest BCUT2D eigenvalue weighted by Gasteiger charge is 2.07. The van der Waals surface area contributed by atoms with Crippen LogP contribution in [0.4, 0.5) is 0 Å². The zero-order chi connectivity index (χ0) is 12.5. The predicted molar refractivity (Wildman–Crippen MR) is 68.1 cm³/mol. The standard InChI is InChI=1S/C14H22O3/c1-3-12-5-4-6-13(11-12)14(15)7-8-17-10-9-16-2/h4-6,11,14-15H,3,7-10H2,1-2H3. The molecule has 1 N–H and O–H groups in total. The van der Waals surface area contributed by atoms with Gasteiger partial charge in [-0.25, -0.2) is 0 Å². The lowest BCUT2D eigenvalue weighted by Crippen LogP contribution is -2.07. The van der Waals surface area contributed by atoms with Gasteiger partial charge in [-0.05, 0) is 17.5 Å². The molecule has 0 heterocycles. The van der Waals surface area contributed by atoms with Gasteiger partial charge in [-0.2, -0.15) is 0 Å². The van der Waals surface area contributed by atoms with Crippen molar-refractivity contribution in [3.8, 4) is 0 Å². The highest BCUT2D eigenvalue weighted by atomic mass is 16.5. The highest BCUT2D eigenvalue weighted by molar-refractivity contribution is 5.25. The molecule has 3 nitrogen and oxygen atoms in total. The average Bonchev–Trinajstić information content (AvgIpc) is 2.38.